The van der Waals surface area contributed by atoms with E-state index in [1.54, 1.807) is 0 Å². The first-order valence-corrected chi connectivity index (χ1v) is 50.1. The van der Waals surface area contributed by atoms with E-state index in [0.717, 1.165) is 6.42 Å². The van der Waals surface area contributed by atoms with E-state index in [1.807, 2.05) is 34.0 Å². The normalized spacial score (nSPS) is 11.6. The summed E-state index contributed by atoms with van der Waals surface area (Å²) in [5.74, 6) is 0. The van der Waals surface area contributed by atoms with Gasteiger partial charge in [0.15, 0.2) is 0 Å². The maximum absolute atomic E-state index is 2.43. The molecule has 0 unspecified atom stereocenters. The lowest BCUT2D eigenvalue weighted by Gasteiger charge is -2.19. The predicted molar refractivity (Wildman–Crippen MR) is 602 cm³/mol. The van der Waals surface area contributed by atoms with Gasteiger partial charge in [0.25, 0.3) is 0 Å². The van der Waals surface area contributed by atoms with Crippen LogP contribution in [0.1, 0.15) is 18.1 Å². The van der Waals surface area contributed by atoms with Crippen molar-refractivity contribution in [3.63, 3.8) is 0 Å². The fourth-order valence-electron chi connectivity index (χ4n) is 21.5. The van der Waals surface area contributed by atoms with Crippen LogP contribution in [0.25, 0.3) is 259 Å². The van der Waals surface area contributed by atoms with Crippen LogP contribution in [0, 0.1) is 6.92 Å². The number of fused-ring (bicyclic) bond motifs is 15. The van der Waals surface area contributed by atoms with Crippen LogP contribution in [0.3, 0.4) is 0 Å². The predicted octanol–water partition coefficient (Wildman–Crippen LogP) is 40.0. The molecule has 0 spiro atoms. The molecule has 0 bridgehead atoms. The SMILES string of the molecule is CCc1ccc(-c2c3ccccc3c(-c3ccccc3)c3ccc(-c4cccc(-c5cccc6c5sc5ccccc56)c4)cc23)cc1.Cc1ccc(-c2c3ccccc3c(-c3ccccc3)c3ccc(-c4cccc(-c5cccc6c5sc5ccccc56)c4)cc23)cc1.c1ccc(-c2c3ccccc3c(-c3ccccc3)c3cc(-c4cccc(-c5cccc6c5sc5ccccc56)c4)ccc23)cc1. The van der Waals surface area contributed by atoms with Crippen LogP contribution >= 0.6 is 34.0 Å². The molecule has 24 aromatic carbocycles. The van der Waals surface area contributed by atoms with Crippen molar-refractivity contribution in [2.24, 2.45) is 0 Å². The molecule has 27 aromatic rings. The van der Waals surface area contributed by atoms with Crippen molar-refractivity contribution in [3.05, 3.63) is 509 Å². The van der Waals surface area contributed by atoms with Gasteiger partial charge in [0, 0.05) is 60.5 Å². The second-order valence-electron chi connectivity index (χ2n) is 36.1. The van der Waals surface area contributed by atoms with Gasteiger partial charge in [-0.2, -0.15) is 0 Å². The van der Waals surface area contributed by atoms with Gasteiger partial charge in [0.2, 0.25) is 0 Å². The Bertz CT molecular complexity index is 9410. The molecule has 3 heteroatoms. The highest BCUT2D eigenvalue weighted by molar-refractivity contribution is 7.27. The summed E-state index contributed by atoms with van der Waals surface area (Å²) in [5.41, 5.74) is 32.8. The molecule has 0 saturated carbocycles. The number of hydrogen-bond donors (Lipinski definition) is 0. The molecular formula is C135H90S3. The lowest BCUT2D eigenvalue weighted by atomic mass is 9.84. The molecule has 0 radical (unpaired) electrons. The van der Waals surface area contributed by atoms with E-state index in [0.29, 0.717) is 0 Å². The summed E-state index contributed by atoms with van der Waals surface area (Å²) in [7, 11) is 0. The first-order chi connectivity index (χ1) is 68.3. The van der Waals surface area contributed by atoms with Gasteiger partial charge in [0.05, 0.1) is 0 Å². The van der Waals surface area contributed by atoms with E-state index in [1.165, 1.54) is 270 Å². The molecule has 0 aliphatic heterocycles. The minimum absolute atomic E-state index is 1.03. The van der Waals surface area contributed by atoms with E-state index in [-0.39, 0.29) is 0 Å². The van der Waals surface area contributed by atoms with Gasteiger partial charge >= 0.3 is 0 Å². The summed E-state index contributed by atoms with van der Waals surface area (Å²) in [5, 5.41) is 23.3. The van der Waals surface area contributed by atoms with Crippen molar-refractivity contribution in [2.45, 2.75) is 20.3 Å². The van der Waals surface area contributed by atoms with Gasteiger partial charge in [-0.05, 0) is 272 Å². The summed E-state index contributed by atoms with van der Waals surface area (Å²) < 4.78 is 8.05. The van der Waals surface area contributed by atoms with Crippen LogP contribution < -0.4 is 0 Å². The van der Waals surface area contributed by atoms with E-state index >= 15 is 0 Å². The molecule has 648 valence electrons. The maximum atomic E-state index is 2.43. The highest BCUT2D eigenvalue weighted by atomic mass is 32.1. The van der Waals surface area contributed by atoms with Crippen LogP contribution in [-0.2, 0) is 6.42 Å². The molecule has 3 heterocycles. The third kappa shape index (κ3) is 15.0. The van der Waals surface area contributed by atoms with Crippen molar-refractivity contribution in [1.29, 1.82) is 0 Å². The van der Waals surface area contributed by atoms with Gasteiger partial charge in [-0.1, -0.05) is 455 Å². The van der Waals surface area contributed by atoms with Crippen LogP contribution in [0.15, 0.2) is 497 Å². The van der Waals surface area contributed by atoms with Crippen molar-refractivity contribution >= 4 is 159 Å². The first-order valence-electron chi connectivity index (χ1n) is 47.7. The molecular weight excluding hydrogens is 1720 g/mol. The molecule has 0 saturated heterocycles. The molecule has 0 aliphatic carbocycles. The van der Waals surface area contributed by atoms with Crippen LogP contribution in [0.4, 0.5) is 0 Å². The summed E-state index contributed by atoms with van der Waals surface area (Å²) in [6.45, 7) is 4.37. The number of aryl methyl sites for hydroxylation is 2. The van der Waals surface area contributed by atoms with Crippen molar-refractivity contribution < 1.29 is 0 Å². The average molecular weight is 1810 g/mol. The van der Waals surface area contributed by atoms with E-state index < -0.39 is 0 Å². The summed E-state index contributed by atoms with van der Waals surface area (Å²) in [4.78, 5) is 0. The van der Waals surface area contributed by atoms with E-state index in [9.17, 15) is 0 Å². The fourth-order valence-corrected chi connectivity index (χ4v) is 25.2. The van der Waals surface area contributed by atoms with Crippen molar-refractivity contribution in [1.82, 2.24) is 0 Å². The average Bonchev–Trinajstić information content (AvgIpc) is 0.804. The maximum Gasteiger partial charge on any atom is 0.0433 e. The largest absolute Gasteiger partial charge is 0.135 e. The Kier molecular flexibility index (Phi) is 21.6. The Morgan fingerprint density at radius 1 is 0.145 bits per heavy atom. The lowest BCUT2D eigenvalue weighted by molar-refractivity contribution is 1.14. The van der Waals surface area contributed by atoms with E-state index in [2.05, 4.69) is 511 Å². The molecule has 0 N–H and O–H groups in total. The van der Waals surface area contributed by atoms with Gasteiger partial charge in [0.1, 0.15) is 0 Å². The third-order valence-electron chi connectivity index (χ3n) is 28.0. The molecule has 0 nitrogen and oxygen atoms in total. The summed E-state index contributed by atoms with van der Waals surface area (Å²) in [6.07, 6.45) is 1.03. The minimum atomic E-state index is 1.03. The second-order valence-corrected chi connectivity index (χ2v) is 39.3. The standard InChI is InChI=1S/C46H32S.C45H30S.C44H28S/c1-2-30-22-24-32(25-23-30)45-39-18-7-6-17-38(39)44(31-12-4-3-5-13-31)40-27-26-34(29-42(40)45)33-14-10-15-35(28-33)36-19-11-20-41-37-16-8-9-21-43(37)47-46(36)41;1-29-21-23-31(24-22-29)44-38-17-6-5-16-37(38)43(30-11-3-2-4-12-30)39-26-25-33(28-41(39)44)32-13-9-14-34(27-32)35-18-10-19-40-36-15-7-8-20-42(36)46-45(35)40;1-3-13-29(14-4-1)42-36-20-7-8-21-37(36)43(30-15-5-2-6-16-30)40-28-32(25-26-38(40)42)31-17-11-18-33(27-31)34-22-12-23-39-35-19-9-10-24-41(35)45-44(34)39/h3-29H,2H2,1H3;2-28H,1H3;1-28H. The molecule has 0 fully saturated rings. The molecule has 138 heavy (non-hydrogen) atoms. The number of rotatable bonds is 13. The molecule has 3 aromatic heterocycles. The van der Waals surface area contributed by atoms with Crippen LogP contribution in [0.5, 0.6) is 0 Å². The zero-order valence-corrected chi connectivity index (χ0v) is 78.7. The molecule has 0 atom stereocenters. The number of thiophene rings is 3. The Morgan fingerprint density at radius 3 is 0.638 bits per heavy atom. The third-order valence-corrected chi connectivity index (χ3v) is 31.7. The monoisotopic (exact) mass is 1810 g/mol. The minimum Gasteiger partial charge on any atom is -0.135 e. The number of benzene rings is 24. The lowest BCUT2D eigenvalue weighted by Crippen LogP contribution is -1.92. The van der Waals surface area contributed by atoms with Gasteiger partial charge < -0.3 is 0 Å². The summed E-state index contributed by atoms with van der Waals surface area (Å²) >= 11 is 5.66. The number of hydrogen-bond acceptors (Lipinski definition) is 3. The zero-order chi connectivity index (χ0) is 91.7. The molecule has 0 amide bonds. The van der Waals surface area contributed by atoms with Gasteiger partial charge in [-0.25, -0.2) is 0 Å². The summed E-state index contributed by atoms with van der Waals surface area (Å²) in [6, 6.07) is 183. The zero-order valence-electron chi connectivity index (χ0n) is 76.3. The highest BCUT2D eigenvalue weighted by Crippen LogP contribution is 2.52. The topological polar surface area (TPSA) is 0 Å². The van der Waals surface area contributed by atoms with Gasteiger partial charge in [-0.3, -0.25) is 0 Å². The van der Waals surface area contributed by atoms with Crippen LogP contribution in [-0.4, -0.2) is 0 Å². The van der Waals surface area contributed by atoms with Gasteiger partial charge in [-0.15, -0.1) is 34.0 Å². The Labute approximate surface area is 814 Å². The Balaban J connectivity index is 0.000000110. The van der Waals surface area contributed by atoms with Crippen LogP contribution in [0.2, 0.25) is 0 Å². The Morgan fingerprint density at radius 2 is 0.348 bits per heavy atom. The highest BCUT2D eigenvalue weighted by Gasteiger charge is 2.25. The van der Waals surface area contributed by atoms with Crippen molar-refractivity contribution in [3.8, 4) is 134 Å². The first kappa shape index (κ1) is 83.3. The molecule has 27 rings (SSSR count). The van der Waals surface area contributed by atoms with E-state index in [4.69, 9.17) is 0 Å². The smallest absolute Gasteiger partial charge is 0.0433 e. The van der Waals surface area contributed by atoms with Crippen molar-refractivity contribution in [2.75, 3.05) is 0 Å². The molecule has 0 aliphatic rings. The fraction of sp³-hybridized carbons (Fsp3) is 0.0222. The Hall–Kier alpha value is -16.5. The quantitative estimate of drug-likeness (QED) is 0.101. The second kappa shape index (κ2) is 35.7.